The number of rotatable bonds is 4. The van der Waals surface area contributed by atoms with E-state index in [9.17, 15) is 8.42 Å². The molecule has 0 aliphatic carbocycles. The summed E-state index contributed by atoms with van der Waals surface area (Å²) in [6.45, 7) is 3.18. The monoisotopic (exact) mass is 331 g/mol. The van der Waals surface area contributed by atoms with Gasteiger partial charge in [0.1, 0.15) is 0 Å². The maximum atomic E-state index is 12.7. The van der Waals surface area contributed by atoms with E-state index in [2.05, 4.69) is 0 Å². The Morgan fingerprint density at radius 3 is 2.65 bits per heavy atom. The lowest BCUT2D eigenvalue weighted by Crippen LogP contribution is -2.42. The van der Waals surface area contributed by atoms with Gasteiger partial charge in [-0.2, -0.15) is 4.31 Å². The molecule has 2 aromatic rings. The number of nitrogens with zero attached hydrogens (tertiary/aromatic N) is 1. The van der Waals surface area contributed by atoms with Gasteiger partial charge in [-0.3, -0.25) is 0 Å². The average Bonchev–Trinajstić information content (AvgIpc) is 2.55. The summed E-state index contributed by atoms with van der Waals surface area (Å²) in [4.78, 5) is 0. The number of hydrogen-bond acceptors (Lipinski definition) is 3. The van der Waals surface area contributed by atoms with Crippen molar-refractivity contribution in [2.45, 2.75) is 18.8 Å². The third-order valence-electron chi connectivity index (χ3n) is 4.03. The lowest BCUT2D eigenvalue weighted by atomic mass is 10.1. The highest BCUT2D eigenvalue weighted by Crippen LogP contribution is 2.24. The molecule has 0 N–H and O–H groups in total. The van der Waals surface area contributed by atoms with Crippen LogP contribution < -0.4 is 0 Å². The van der Waals surface area contributed by atoms with E-state index in [0.717, 1.165) is 16.7 Å². The Kier molecular flexibility index (Phi) is 4.80. The minimum Gasteiger partial charge on any atom is -0.371 e. The second-order valence-electron chi connectivity index (χ2n) is 5.87. The molecule has 0 saturated carbocycles. The number of aryl methyl sites for hydroxylation is 1. The van der Waals surface area contributed by atoms with Crippen LogP contribution in [0.15, 0.2) is 54.6 Å². The molecular formula is C18H21NO3S. The number of benzene rings is 2. The summed E-state index contributed by atoms with van der Waals surface area (Å²) >= 11 is 0. The van der Waals surface area contributed by atoms with Crippen molar-refractivity contribution in [3.63, 3.8) is 0 Å². The van der Waals surface area contributed by atoms with Gasteiger partial charge in [0.15, 0.2) is 0 Å². The highest BCUT2D eigenvalue weighted by Gasteiger charge is 2.30. The molecule has 0 aromatic heterocycles. The molecule has 5 heteroatoms. The maximum absolute atomic E-state index is 12.7. The van der Waals surface area contributed by atoms with Crippen molar-refractivity contribution in [1.82, 2.24) is 4.31 Å². The lowest BCUT2D eigenvalue weighted by molar-refractivity contribution is -0.00260. The van der Waals surface area contributed by atoms with Crippen LogP contribution in [0.5, 0.6) is 0 Å². The van der Waals surface area contributed by atoms with Gasteiger partial charge in [0.2, 0.25) is 10.0 Å². The summed E-state index contributed by atoms with van der Waals surface area (Å²) in [5, 5.41) is 0. The molecule has 4 nitrogen and oxygen atoms in total. The average molecular weight is 331 g/mol. The number of sulfonamides is 1. The van der Waals surface area contributed by atoms with Gasteiger partial charge < -0.3 is 4.74 Å². The Bertz CT molecular complexity index is 759. The van der Waals surface area contributed by atoms with Crippen LogP contribution in [0.25, 0.3) is 0 Å². The van der Waals surface area contributed by atoms with Crippen LogP contribution in [0.1, 0.15) is 22.8 Å². The first-order valence-electron chi connectivity index (χ1n) is 7.74. The minimum atomic E-state index is -3.34. The van der Waals surface area contributed by atoms with Crippen molar-refractivity contribution in [1.29, 1.82) is 0 Å². The van der Waals surface area contributed by atoms with E-state index in [-0.39, 0.29) is 11.9 Å². The van der Waals surface area contributed by atoms with Crippen molar-refractivity contribution in [3.05, 3.63) is 71.3 Å². The molecule has 0 spiro atoms. The molecule has 0 amide bonds. The van der Waals surface area contributed by atoms with Crippen LogP contribution in [0.2, 0.25) is 0 Å². The highest BCUT2D eigenvalue weighted by molar-refractivity contribution is 7.88. The molecule has 1 aliphatic heterocycles. The Labute approximate surface area is 137 Å². The highest BCUT2D eigenvalue weighted by atomic mass is 32.2. The molecule has 23 heavy (non-hydrogen) atoms. The fourth-order valence-corrected chi connectivity index (χ4v) is 4.35. The SMILES string of the molecule is Cc1cccc(CS(=O)(=O)N2CCOC(c3ccccc3)C2)c1. The van der Waals surface area contributed by atoms with Crippen LogP contribution in [0.4, 0.5) is 0 Å². The summed E-state index contributed by atoms with van der Waals surface area (Å²) in [7, 11) is -3.34. The van der Waals surface area contributed by atoms with E-state index in [1.54, 1.807) is 4.31 Å². The summed E-state index contributed by atoms with van der Waals surface area (Å²) < 4.78 is 32.7. The van der Waals surface area contributed by atoms with Crippen LogP contribution >= 0.6 is 0 Å². The van der Waals surface area contributed by atoms with E-state index >= 15 is 0 Å². The Morgan fingerprint density at radius 2 is 1.91 bits per heavy atom. The van der Waals surface area contributed by atoms with E-state index < -0.39 is 10.0 Å². The summed E-state index contributed by atoms with van der Waals surface area (Å²) in [5.74, 6) is 0.0379. The van der Waals surface area contributed by atoms with Crippen molar-refractivity contribution in [3.8, 4) is 0 Å². The first-order chi connectivity index (χ1) is 11.0. The topological polar surface area (TPSA) is 46.6 Å². The van der Waals surface area contributed by atoms with E-state index in [1.165, 1.54) is 0 Å². The van der Waals surface area contributed by atoms with Gasteiger partial charge in [-0.25, -0.2) is 8.42 Å². The fraction of sp³-hybridized carbons (Fsp3) is 0.333. The molecule has 1 aliphatic rings. The van der Waals surface area contributed by atoms with Gasteiger partial charge in [-0.05, 0) is 18.1 Å². The molecule has 2 aromatic carbocycles. The van der Waals surface area contributed by atoms with Crippen LogP contribution in [0.3, 0.4) is 0 Å². The number of ether oxygens (including phenoxy) is 1. The molecule has 0 radical (unpaired) electrons. The maximum Gasteiger partial charge on any atom is 0.218 e. The fourth-order valence-electron chi connectivity index (χ4n) is 2.85. The molecule has 1 atom stereocenters. The van der Waals surface area contributed by atoms with Crippen molar-refractivity contribution < 1.29 is 13.2 Å². The first-order valence-corrected chi connectivity index (χ1v) is 9.35. The van der Waals surface area contributed by atoms with Gasteiger partial charge in [0.05, 0.1) is 18.5 Å². The zero-order valence-electron chi connectivity index (χ0n) is 13.2. The normalized spacial score (nSPS) is 19.6. The summed E-state index contributed by atoms with van der Waals surface area (Å²) in [6.07, 6.45) is -0.197. The second-order valence-corrected chi connectivity index (χ2v) is 7.84. The van der Waals surface area contributed by atoms with Crippen molar-refractivity contribution >= 4 is 10.0 Å². The molecule has 1 heterocycles. The molecule has 0 bridgehead atoms. The molecule has 1 fully saturated rings. The lowest BCUT2D eigenvalue weighted by Gasteiger charge is -2.32. The van der Waals surface area contributed by atoms with Gasteiger partial charge >= 0.3 is 0 Å². The van der Waals surface area contributed by atoms with Crippen LogP contribution in [-0.2, 0) is 20.5 Å². The van der Waals surface area contributed by atoms with Crippen LogP contribution in [0, 0.1) is 6.92 Å². The minimum absolute atomic E-state index is 0.0379. The Hall–Kier alpha value is -1.69. The third kappa shape index (κ3) is 3.99. The van der Waals surface area contributed by atoms with Gasteiger partial charge in [-0.15, -0.1) is 0 Å². The molecule has 1 unspecified atom stereocenters. The van der Waals surface area contributed by atoms with Gasteiger partial charge in [0.25, 0.3) is 0 Å². The predicted molar refractivity (Wildman–Crippen MR) is 90.5 cm³/mol. The largest absolute Gasteiger partial charge is 0.371 e. The Balaban J connectivity index is 1.74. The first kappa shape index (κ1) is 16.2. The van der Waals surface area contributed by atoms with Gasteiger partial charge in [0, 0.05) is 13.1 Å². The zero-order valence-corrected chi connectivity index (χ0v) is 14.0. The standard InChI is InChI=1S/C18H21NO3S/c1-15-6-5-7-16(12-15)14-23(20,21)19-10-11-22-18(13-19)17-8-3-2-4-9-17/h2-9,12,18H,10-11,13-14H2,1H3. The predicted octanol–water partition coefficient (Wildman–Crippen LogP) is 2.90. The van der Waals surface area contributed by atoms with Crippen LogP contribution in [-0.4, -0.2) is 32.4 Å². The zero-order chi connectivity index (χ0) is 16.3. The van der Waals surface area contributed by atoms with E-state index in [1.807, 2.05) is 61.5 Å². The molecular weight excluding hydrogens is 310 g/mol. The third-order valence-corrected chi connectivity index (χ3v) is 5.84. The number of hydrogen-bond donors (Lipinski definition) is 0. The molecule has 122 valence electrons. The summed E-state index contributed by atoms with van der Waals surface area (Å²) in [6, 6.07) is 17.4. The summed E-state index contributed by atoms with van der Waals surface area (Å²) in [5.41, 5.74) is 2.91. The smallest absolute Gasteiger partial charge is 0.218 e. The Morgan fingerprint density at radius 1 is 1.13 bits per heavy atom. The van der Waals surface area contributed by atoms with Crippen molar-refractivity contribution in [2.75, 3.05) is 19.7 Å². The van der Waals surface area contributed by atoms with E-state index in [0.29, 0.717) is 19.7 Å². The van der Waals surface area contributed by atoms with Gasteiger partial charge in [-0.1, -0.05) is 60.2 Å². The molecule has 1 saturated heterocycles. The molecule has 3 rings (SSSR count). The second kappa shape index (κ2) is 6.83. The van der Waals surface area contributed by atoms with E-state index in [4.69, 9.17) is 4.74 Å². The number of morpholine rings is 1. The quantitative estimate of drug-likeness (QED) is 0.865. The van der Waals surface area contributed by atoms with Crippen molar-refractivity contribution in [2.24, 2.45) is 0 Å².